The summed E-state index contributed by atoms with van der Waals surface area (Å²) in [5.74, 6) is 1.36. The van der Waals surface area contributed by atoms with Crippen molar-refractivity contribution in [3.63, 3.8) is 0 Å². The van der Waals surface area contributed by atoms with E-state index >= 15 is 0 Å². The van der Waals surface area contributed by atoms with Crippen molar-refractivity contribution in [2.75, 3.05) is 13.1 Å². The van der Waals surface area contributed by atoms with Gasteiger partial charge in [-0.15, -0.1) is 0 Å². The van der Waals surface area contributed by atoms with Crippen LogP contribution in [0, 0.1) is 0 Å². The molecular weight excluding hydrogens is 330 g/mol. The molecule has 7 nitrogen and oxygen atoms in total. The fraction of sp³-hybridized carbons (Fsp3) is 0.368. The van der Waals surface area contributed by atoms with Gasteiger partial charge in [0.2, 0.25) is 11.7 Å². The highest BCUT2D eigenvalue weighted by atomic mass is 16.5. The van der Waals surface area contributed by atoms with Crippen LogP contribution in [-0.2, 0) is 13.0 Å². The number of carbonyl (C=O) groups is 1. The number of benzene rings is 1. The minimum absolute atomic E-state index is 0.0622. The predicted octanol–water partition coefficient (Wildman–Crippen LogP) is 2.51. The minimum Gasteiger partial charge on any atom is -0.339 e. The molecule has 4 heterocycles. The zero-order valence-corrected chi connectivity index (χ0v) is 14.3. The average Bonchev–Trinajstić information content (AvgIpc) is 3.28. The van der Waals surface area contributed by atoms with Crippen molar-refractivity contribution in [3.8, 4) is 11.4 Å². The van der Waals surface area contributed by atoms with Crippen molar-refractivity contribution < 1.29 is 9.32 Å². The van der Waals surface area contributed by atoms with Gasteiger partial charge >= 0.3 is 0 Å². The molecule has 0 N–H and O–H groups in total. The molecule has 26 heavy (non-hydrogen) atoms. The summed E-state index contributed by atoms with van der Waals surface area (Å²) in [6, 6.07) is 9.75. The molecule has 3 aromatic rings. The van der Waals surface area contributed by atoms with E-state index in [4.69, 9.17) is 4.52 Å². The monoisotopic (exact) mass is 349 g/mol. The van der Waals surface area contributed by atoms with Crippen molar-refractivity contribution >= 4 is 5.91 Å². The van der Waals surface area contributed by atoms with E-state index in [1.807, 2.05) is 39.9 Å². The summed E-state index contributed by atoms with van der Waals surface area (Å²) in [5.41, 5.74) is 2.76. The van der Waals surface area contributed by atoms with Crippen LogP contribution >= 0.6 is 0 Å². The molecule has 7 heteroatoms. The van der Waals surface area contributed by atoms with Gasteiger partial charge in [-0.05, 0) is 19.3 Å². The van der Waals surface area contributed by atoms with E-state index in [-0.39, 0.29) is 11.8 Å². The molecule has 0 unspecified atom stereocenters. The van der Waals surface area contributed by atoms with E-state index in [1.54, 1.807) is 6.20 Å². The van der Waals surface area contributed by atoms with Gasteiger partial charge in [-0.25, -0.2) is 0 Å². The van der Waals surface area contributed by atoms with Gasteiger partial charge in [-0.3, -0.25) is 9.48 Å². The number of nitrogens with zero attached hydrogens (tertiary/aromatic N) is 5. The summed E-state index contributed by atoms with van der Waals surface area (Å²) < 4.78 is 7.39. The lowest BCUT2D eigenvalue weighted by atomic mass is 9.98. The minimum atomic E-state index is 0.0622. The van der Waals surface area contributed by atoms with E-state index in [0.717, 1.165) is 42.6 Å². The Hall–Kier alpha value is -2.96. The SMILES string of the molecule is O=C(c1cnn2c1CCCC2)N1CC(c2nc(-c3ccccc3)no2)C1. The Bertz CT molecular complexity index is 940. The number of fused-ring (bicyclic) bond motifs is 1. The quantitative estimate of drug-likeness (QED) is 0.726. The normalized spacial score (nSPS) is 17.0. The second-order valence-electron chi connectivity index (χ2n) is 6.91. The molecule has 0 radical (unpaired) electrons. The predicted molar refractivity (Wildman–Crippen MR) is 93.5 cm³/mol. The lowest BCUT2D eigenvalue weighted by Gasteiger charge is -2.37. The first-order chi connectivity index (χ1) is 12.8. The molecule has 5 rings (SSSR count). The van der Waals surface area contributed by atoms with Gasteiger partial charge in [0.15, 0.2) is 0 Å². The van der Waals surface area contributed by atoms with Crippen LogP contribution in [0.15, 0.2) is 41.1 Å². The molecule has 0 atom stereocenters. The molecule has 0 bridgehead atoms. The Kier molecular flexibility index (Phi) is 3.58. The molecule has 0 spiro atoms. The maximum absolute atomic E-state index is 12.8. The Morgan fingerprint density at radius 1 is 1.15 bits per heavy atom. The largest absolute Gasteiger partial charge is 0.339 e. The lowest BCUT2D eigenvalue weighted by molar-refractivity contribution is 0.0567. The Labute approximate surface area is 150 Å². The van der Waals surface area contributed by atoms with Crippen LogP contribution in [0.3, 0.4) is 0 Å². The Balaban J connectivity index is 1.27. The molecule has 0 saturated carbocycles. The van der Waals surface area contributed by atoms with Crippen LogP contribution < -0.4 is 0 Å². The van der Waals surface area contributed by atoms with Crippen LogP contribution in [0.2, 0.25) is 0 Å². The summed E-state index contributed by atoms with van der Waals surface area (Å²) in [6.45, 7) is 2.13. The van der Waals surface area contributed by atoms with Gasteiger partial charge in [0.05, 0.1) is 23.4 Å². The van der Waals surface area contributed by atoms with E-state index < -0.39 is 0 Å². The first-order valence-electron chi connectivity index (χ1n) is 9.02. The Morgan fingerprint density at radius 3 is 2.85 bits per heavy atom. The van der Waals surface area contributed by atoms with Crippen molar-refractivity contribution in [1.29, 1.82) is 0 Å². The summed E-state index contributed by atoms with van der Waals surface area (Å²) in [6.07, 6.45) is 4.91. The maximum atomic E-state index is 12.8. The molecule has 1 aromatic carbocycles. The number of hydrogen-bond acceptors (Lipinski definition) is 5. The van der Waals surface area contributed by atoms with Crippen LogP contribution in [0.4, 0.5) is 0 Å². The van der Waals surface area contributed by atoms with E-state index in [0.29, 0.717) is 24.8 Å². The topological polar surface area (TPSA) is 77.1 Å². The fourth-order valence-corrected chi connectivity index (χ4v) is 3.68. The van der Waals surface area contributed by atoms with Crippen LogP contribution in [0.25, 0.3) is 11.4 Å². The van der Waals surface area contributed by atoms with Crippen LogP contribution in [-0.4, -0.2) is 43.8 Å². The van der Waals surface area contributed by atoms with Crippen LogP contribution in [0.1, 0.15) is 40.7 Å². The van der Waals surface area contributed by atoms with Gasteiger partial charge in [-0.1, -0.05) is 35.5 Å². The second-order valence-corrected chi connectivity index (χ2v) is 6.91. The highest BCUT2D eigenvalue weighted by molar-refractivity contribution is 5.95. The molecule has 1 amide bonds. The number of amides is 1. The zero-order chi connectivity index (χ0) is 17.5. The smallest absolute Gasteiger partial charge is 0.257 e. The maximum Gasteiger partial charge on any atom is 0.257 e. The third-order valence-corrected chi connectivity index (χ3v) is 5.20. The summed E-state index contributed by atoms with van der Waals surface area (Å²) >= 11 is 0. The van der Waals surface area contributed by atoms with Gasteiger partial charge in [0, 0.05) is 25.2 Å². The number of carbonyl (C=O) groups excluding carboxylic acids is 1. The van der Waals surface area contributed by atoms with E-state index in [1.165, 1.54) is 0 Å². The number of rotatable bonds is 3. The van der Waals surface area contributed by atoms with E-state index in [2.05, 4.69) is 15.2 Å². The van der Waals surface area contributed by atoms with Crippen molar-refractivity contribution in [1.82, 2.24) is 24.8 Å². The number of likely N-dealkylation sites (tertiary alicyclic amines) is 1. The van der Waals surface area contributed by atoms with Gasteiger partial charge in [-0.2, -0.15) is 10.1 Å². The number of aryl methyl sites for hydroxylation is 1. The molecule has 0 aliphatic carbocycles. The van der Waals surface area contributed by atoms with Crippen molar-refractivity contribution in [3.05, 3.63) is 53.7 Å². The van der Waals surface area contributed by atoms with Crippen molar-refractivity contribution in [2.45, 2.75) is 31.7 Å². The summed E-state index contributed by atoms with van der Waals surface area (Å²) in [7, 11) is 0. The summed E-state index contributed by atoms with van der Waals surface area (Å²) in [5, 5.41) is 8.42. The molecular formula is C19H19N5O2. The molecule has 2 aliphatic heterocycles. The highest BCUT2D eigenvalue weighted by Gasteiger charge is 2.37. The number of aromatic nitrogens is 4. The second kappa shape index (κ2) is 6.09. The first-order valence-corrected chi connectivity index (χ1v) is 9.02. The molecule has 1 fully saturated rings. The standard InChI is InChI=1S/C19H19N5O2/c25-19(15-10-20-24-9-5-4-8-16(15)24)23-11-14(12-23)18-21-17(22-26-18)13-6-2-1-3-7-13/h1-3,6-7,10,14H,4-5,8-9,11-12H2. The van der Waals surface area contributed by atoms with Gasteiger partial charge in [0.25, 0.3) is 5.91 Å². The molecule has 1 saturated heterocycles. The zero-order valence-electron chi connectivity index (χ0n) is 14.3. The van der Waals surface area contributed by atoms with Crippen molar-refractivity contribution in [2.24, 2.45) is 0 Å². The third kappa shape index (κ3) is 2.51. The summed E-state index contributed by atoms with van der Waals surface area (Å²) in [4.78, 5) is 19.1. The highest BCUT2D eigenvalue weighted by Crippen LogP contribution is 2.30. The average molecular weight is 349 g/mol. The fourth-order valence-electron chi connectivity index (χ4n) is 3.68. The lowest BCUT2D eigenvalue weighted by Crippen LogP contribution is -2.48. The molecule has 2 aromatic heterocycles. The molecule has 132 valence electrons. The third-order valence-electron chi connectivity index (χ3n) is 5.20. The first kappa shape index (κ1) is 15.3. The molecule has 2 aliphatic rings. The van der Waals surface area contributed by atoms with Gasteiger partial charge in [0.1, 0.15) is 0 Å². The number of hydrogen-bond donors (Lipinski definition) is 0. The van der Waals surface area contributed by atoms with E-state index in [9.17, 15) is 4.79 Å². The van der Waals surface area contributed by atoms with Gasteiger partial charge < -0.3 is 9.42 Å². The Morgan fingerprint density at radius 2 is 2.00 bits per heavy atom. The van der Waals surface area contributed by atoms with Crippen LogP contribution in [0.5, 0.6) is 0 Å².